The maximum Gasteiger partial charge on any atom is 0.194 e. The minimum atomic E-state index is 0.340. The van der Waals surface area contributed by atoms with Crippen molar-refractivity contribution in [3.8, 4) is 5.75 Å². The first-order valence-electron chi connectivity index (χ1n) is 11.3. The molecule has 3 aromatic rings. The normalized spacial score (nSPS) is 14.6. The number of nitrogens with zero attached hydrogens (tertiary/aromatic N) is 5. The number of aromatic hydroxyl groups is 1. The van der Waals surface area contributed by atoms with Crippen LogP contribution in [0.3, 0.4) is 0 Å². The van der Waals surface area contributed by atoms with Crippen molar-refractivity contribution < 1.29 is 5.11 Å². The van der Waals surface area contributed by atoms with Gasteiger partial charge in [0.05, 0.1) is 5.69 Å². The third-order valence-electron chi connectivity index (χ3n) is 5.73. The van der Waals surface area contributed by atoms with Crippen LogP contribution >= 0.6 is 0 Å². The Kier molecular flexibility index (Phi) is 7.27. The molecule has 32 heavy (non-hydrogen) atoms. The molecule has 0 bridgehead atoms. The van der Waals surface area contributed by atoms with E-state index in [-0.39, 0.29) is 0 Å². The molecule has 1 aliphatic heterocycles. The second-order valence-corrected chi connectivity index (χ2v) is 7.91. The van der Waals surface area contributed by atoms with Gasteiger partial charge in [-0.25, -0.2) is 4.98 Å². The first kappa shape index (κ1) is 21.7. The number of anilines is 1. The summed E-state index contributed by atoms with van der Waals surface area (Å²) >= 11 is 0. The summed E-state index contributed by atoms with van der Waals surface area (Å²) in [6.07, 6.45) is 4.70. The summed E-state index contributed by atoms with van der Waals surface area (Å²) in [6.45, 7) is 7.88. The van der Waals surface area contributed by atoms with Crippen LogP contribution in [0.1, 0.15) is 18.3 Å². The second kappa shape index (κ2) is 10.7. The number of aromatic nitrogens is 2. The molecule has 7 heteroatoms. The summed E-state index contributed by atoms with van der Waals surface area (Å²) in [6, 6.07) is 18.0. The molecule has 0 unspecified atom stereocenters. The van der Waals surface area contributed by atoms with Gasteiger partial charge in [0, 0.05) is 64.6 Å². The van der Waals surface area contributed by atoms with Crippen LogP contribution in [0.25, 0.3) is 0 Å². The van der Waals surface area contributed by atoms with Crippen LogP contribution in [0.2, 0.25) is 0 Å². The van der Waals surface area contributed by atoms with Gasteiger partial charge >= 0.3 is 0 Å². The average molecular weight is 433 g/mol. The number of imidazole rings is 1. The molecule has 0 aliphatic carbocycles. The maximum atomic E-state index is 10.1. The van der Waals surface area contributed by atoms with Crippen LogP contribution in [-0.4, -0.2) is 64.8 Å². The molecule has 2 N–H and O–H groups in total. The van der Waals surface area contributed by atoms with Crippen LogP contribution in [0, 0.1) is 0 Å². The molecular weight excluding hydrogens is 400 g/mol. The topological polar surface area (TPSA) is 68.9 Å². The molecule has 0 atom stereocenters. The number of phenols is 1. The zero-order valence-electron chi connectivity index (χ0n) is 18.7. The number of phenolic OH excluding ortho intramolecular Hbond substituents is 1. The van der Waals surface area contributed by atoms with E-state index < -0.39 is 0 Å². The number of hydrogen-bond donors (Lipinski definition) is 2. The zero-order valence-corrected chi connectivity index (χ0v) is 18.7. The number of aliphatic imine (C=N–C) groups is 1. The standard InChI is InChI=1S/C25H32N6O/c1-2-26-25(30-18-16-29(17-19-30)22-10-6-7-11-23(22)32)28-13-12-24-27-14-15-31(24)20-21-8-4-3-5-9-21/h3-11,14-15,32H,2,12-13,16-20H2,1H3,(H,26,28). The highest BCUT2D eigenvalue weighted by Crippen LogP contribution is 2.27. The highest BCUT2D eigenvalue weighted by molar-refractivity contribution is 5.80. The molecule has 1 fully saturated rings. The van der Waals surface area contributed by atoms with Gasteiger partial charge < -0.3 is 24.8 Å². The van der Waals surface area contributed by atoms with Crippen LogP contribution in [-0.2, 0) is 13.0 Å². The largest absolute Gasteiger partial charge is 0.506 e. The van der Waals surface area contributed by atoms with Gasteiger partial charge in [0.2, 0.25) is 0 Å². The summed E-state index contributed by atoms with van der Waals surface area (Å²) < 4.78 is 2.20. The quantitative estimate of drug-likeness (QED) is 0.444. The van der Waals surface area contributed by atoms with Crippen molar-refractivity contribution >= 4 is 11.6 Å². The van der Waals surface area contributed by atoms with Gasteiger partial charge in [-0.1, -0.05) is 42.5 Å². The van der Waals surface area contributed by atoms with Crippen LogP contribution < -0.4 is 10.2 Å². The molecule has 168 valence electrons. The number of rotatable bonds is 7. The lowest BCUT2D eigenvalue weighted by Gasteiger charge is -2.37. The zero-order chi connectivity index (χ0) is 22.2. The van der Waals surface area contributed by atoms with E-state index in [1.54, 1.807) is 6.07 Å². The van der Waals surface area contributed by atoms with Crippen molar-refractivity contribution in [3.05, 3.63) is 78.4 Å². The predicted octanol–water partition coefficient (Wildman–Crippen LogP) is 2.97. The number of benzene rings is 2. The molecule has 1 saturated heterocycles. The van der Waals surface area contributed by atoms with Crippen molar-refractivity contribution in [1.29, 1.82) is 0 Å². The molecule has 2 aromatic carbocycles. The SMILES string of the molecule is CCNC(=NCCc1nccn1Cc1ccccc1)N1CCN(c2ccccc2O)CC1. The molecule has 1 aliphatic rings. The van der Waals surface area contributed by atoms with Gasteiger partial charge in [-0.15, -0.1) is 0 Å². The van der Waals surface area contributed by atoms with Gasteiger partial charge in [0.25, 0.3) is 0 Å². The number of guanidine groups is 1. The Balaban J connectivity index is 1.34. The Morgan fingerprint density at radius 1 is 1.03 bits per heavy atom. The highest BCUT2D eigenvalue weighted by Gasteiger charge is 2.21. The molecule has 0 saturated carbocycles. The summed E-state index contributed by atoms with van der Waals surface area (Å²) in [4.78, 5) is 14.0. The summed E-state index contributed by atoms with van der Waals surface area (Å²) in [5.74, 6) is 2.34. The summed E-state index contributed by atoms with van der Waals surface area (Å²) in [5, 5.41) is 13.6. The fraction of sp³-hybridized carbons (Fsp3) is 0.360. The van der Waals surface area contributed by atoms with Crippen molar-refractivity contribution in [2.75, 3.05) is 44.2 Å². The first-order chi connectivity index (χ1) is 15.7. The monoisotopic (exact) mass is 432 g/mol. The Morgan fingerprint density at radius 3 is 2.53 bits per heavy atom. The van der Waals surface area contributed by atoms with Crippen LogP contribution in [0.4, 0.5) is 5.69 Å². The van der Waals surface area contributed by atoms with E-state index >= 15 is 0 Å². The molecular formula is C25H32N6O. The van der Waals surface area contributed by atoms with E-state index in [2.05, 4.69) is 55.9 Å². The molecule has 4 rings (SSSR count). The average Bonchev–Trinajstić information content (AvgIpc) is 3.26. The molecule has 0 radical (unpaired) electrons. The highest BCUT2D eigenvalue weighted by atomic mass is 16.3. The lowest BCUT2D eigenvalue weighted by Crippen LogP contribution is -2.52. The van der Waals surface area contributed by atoms with E-state index in [0.717, 1.165) is 63.2 Å². The van der Waals surface area contributed by atoms with E-state index in [1.807, 2.05) is 36.7 Å². The third kappa shape index (κ3) is 5.41. The van der Waals surface area contributed by atoms with Gasteiger partial charge in [-0.2, -0.15) is 0 Å². The fourth-order valence-electron chi connectivity index (χ4n) is 4.07. The number of hydrogen-bond acceptors (Lipinski definition) is 4. The Morgan fingerprint density at radius 2 is 1.78 bits per heavy atom. The van der Waals surface area contributed by atoms with Crippen molar-refractivity contribution in [1.82, 2.24) is 19.8 Å². The van der Waals surface area contributed by atoms with E-state index in [1.165, 1.54) is 5.56 Å². The first-order valence-corrected chi connectivity index (χ1v) is 11.3. The number of para-hydroxylation sites is 2. The van der Waals surface area contributed by atoms with E-state index in [0.29, 0.717) is 12.3 Å². The Labute approximate surface area is 190 Å². The van der Waals surface area contributed by atoms with Gasteiger partial charge in [0.15, 0.2) is 5.96 Å². The maximum absolute atomic E-state index is 10.1. The van der Waals surface area contributed by atoms with Crippen molar-refractivity contribution in [2.24, 2.45) is 4.99 Å². The van der Waals surface area contributed by atoms with E-state index in [9.17, 15) is 5.11 Å². The van der Waals surface area contributed by atoms with Crippen LogP contribution in [0.15, 0.2) is 72.0 Å². The van der Waals surface area contributed by atoms with Gasteiger partial charge in [-0.05, 0) is 24.6 Å². The minimum Gasteiger partial charge on any atom is -0.506 e. The minimum absolute atomic E-state index is 0.340. The molecule has 1 aromatic heterocycles. The third-order valence-corrected chi connectivity index (χ3v) is 5.73. The Hall–Kier alpha value is -3.48. The molecule has 0 amide bonds. The predicted molar refractivity (Wildman–Crippen MR) is 129 cm³/mol. The van der Waals surface area contributed by atoms with Gasteiger partial charge in [-0.3, -0.25) is 4.99 Å². The number of piperazine rings is 1. The Bertz CT molecular complexity index is 1010. The number of nitrogens with one attached hydrogen (secondary N) is 1. The molecule has 0 spiro atoms. The molecule has 2 heterocycles. The lowest BCUT2D eigenvalue weighted by atomic mass is 10.2. The van der Waals surface area contributed by atoms with Gasteiger partial charge in [0.1, 0.15) is 11.6 Å². The lowest BCUT2D eigenvalue weighted by molar-refractivity contribution is 0.370. The fourth-order valence-corrected chi connectivity index (χ4v) is 4.07. The summed E-state index contributed by atoms with van der Waals surface area (Å²) in [5.41, 5.74) is 2.17. The molecule has 7 nitrogen and oxygen atoms in total. The van der Waals surface area contributed by atoms with Crippen molar-refractivity contribution in [3.63, 3.8) is 0 Å². The van der Waals surface area contributed by atoms with Crippen molar-refractivity contribution in [2.45, 2.75) is 19.9 Å². The summed E-state index contributed by atoms with van der Waals surface area (Å²) in [7, 11) is 0. The smallest absolute Gasteiger partial charge is 0.194 e. The van der Waals surface area contributed by atoms with E-state index in [4.69, 9.17) is 4.99 Å². The second-order valence-electron chi connectivity index (χ2n) is 7.91. The van der Waals surface area contributed by atoms with Crippen LogP contribution in [0.5, 0.6) is 5.75 Å².